The van der Waals surface area contributed by atoms with Crippen molar-refractivity contribution in [2.75, 3.05) is 5.75 Å². The lowest BCUT2D eigenvalue weighted by atomic mass is 10.2. The SMILES string of the molecule is C=C/C=C\C(=C/C)Oc1ccc(OC(=O)CSc2nc3ccc(C#N)cc3[nH]2)cc1. The van der Waals surface area contributed by atoms with E-state index >= 15 is 0 Å². The second kappa shape index (κ2) is 10.1. The van der Waals surface area contributed by atoms with Crippen LogP contribution in [0.25, 0.3) is 11.0 Å². The van der Waals surface area contributed by atoms with Gasteiger partial charge in [0.15, 0.2) is 5.16 Å². The maximum Gasteiger partial charge on any atom is 0.321 e. The van der Waals surface area contributed by atoms with E-state index in [1.165, 1.54) is 11.8 Å². The minimum Gasteiger partial charge on any atom is -0.458 e. The maximum absolute atomic E-state index is 12.1. The third-order valence-electron chi connectivity index (χ3n) is 3.89. The van der Waals surface area contributed by atoms with E-state index in [0.29, 0.717) is 28.0 Å². The molecule has 0 radical (unpaired) electrons. The number of rotatable bonds is 8. The van der Waals surface area contributed by atoms with Crippen LogP contribution in [0.1, 0.15) is 12.5 Å². The summed E-state index contributed by atoms with van der Waals surface area (Å²) in [6.07, 6.45) is 7.09. The van der Waals surface area contributed by atoms with Gasteiger partial charge in [0.2, 0.25) is 0 Å². The molecule has 1 aromatic heterocycles. The molecule has 0 bridgehead atoms. The van der Waals surface area contributed by atoms with Crippen LogP contribution in [-0.4, -0.2) is 21.7 Å². The lowest BCUT2D eigenvalue weighted by molar-refractivity contribution is -0.131. The van der Waals surface area contributed by atoms with Gasteiger partial charge >= 0.3 is 5.97 Å². The number of benzene rings is 2. The molecule has 1 heterocycles. The zero-order valence-electron chi connectivity index (χ0n) is 16.3. The van der Waals surface area contributed by atoms with Crippen LogP contribution in [0.15, 0.2) is 84.3 Å². The number of aromatic nitrogens is 2. The summed E-state index contributed by atoms with van der Waals surface area (Å²) < 4.78 is 11.1. The van der Waals surface area contributed by atoms with Crippen LogP contribution in [0.2, 0.25) is 0 Å². The molecule has 2 aromatic carbocycles. The Morgan fingerprint density at radius 1 is 1.23 bits per heavy atom. The first-order valence-corrected chi connectivity index (χ1v) is 10.1. The van der Waals surface area contributed by atoms with Crippen LogP contribution in [-0.2, 0) is 4.79 Å². The highest BCUT2D eigenvalue weighted by atomic mass is 32.2. The number of carbonyl (C=O) groups is 1. The second-order valence-electron chi connectivity index (χ2n) is 6.01. The monoisotopic (exact) mass is 417 g/mol. The first kappa shape index (κ1) is 21.0. The zero-order valence-corrected chi connectivity index (χ0v) is 17.1. The topological polar surface area (TPSA) is 88.0 Å². The Kier molecular flexibility index (Phi) is 7.09. The number of thioether (sulfide) groups is 1. The molecule has 0 saturated carbocycles. The van der Waals surface area contributed by atoms with Crippen LogP contribution in [0.5, 0.6) is 11.5 Å². The summed E-state index contributed by atoms with van der Waals surface area (Å²) in [5.74, 6) is 1.45. The highest BCUT2D eigenvalue weighted by molar-refractivity contribution is 7.99. The molecule has 7 heteroatoms. The first-order valence-electron chi connectivity index (χ1n) is 9.08. The summed E-state index contributed by atoms with van der Waals surface area (Å²) in [4.78, 5) is 19.6. The van der Waals surface area contributed by atoms with Gasteiger partial charge in [-0.15, -0.1) is 0 Å². The van der Waals surface area contributed by atoms with Crippen LogP contribution in [0.3, 0.4) is 0 Å². The van der Waals surface area contributed by atoms with Gasteiger partial charge in [-0.05, 0) is 61.5 Å². The summed E-state index contributed by atoms with van der Waals surface area (Å²) in [5, 5.41) is 9.55. The number of imidazole rings is 1. The van der Waals surface area contributed by atoms with E-state index in [1.54, 1.807) is 60.7 Å². The van der Waals surface area contributed by atoms with Gasteiger partial charge < -0.3 is 14.5 Å². The standard InChI is InChI=1S/C23H19N3O3S/c1-3-5-6-17(4-2)28-18-8-10-19(11-9-18)29-22(27)15-30-23-25-20-12-7-16(14-24)13-21(20)26-23/h3-13H,1,15H2,2H3,(H,25,26)/b6-5-,17-4+. The van der Waals surface area contributed by atoms with Crippen LogP contribution < -0.4 is 9.47 Å². The van der Waals surface area contributed by atoms with Crippen molar-refractivity contribution in [2.45, 2.75) is 12.1 Å². The summed E-state index contributed by atoms with van der Waals surface area (Å²) in [7, 11) is 0. The van der Waals surface area contributed by atoms with Gasteiger partial charge in [0.1, 0.15) is 17.3 Å². The molecule has 0 fully saturated rings. The molecule has 0 aliphatic rings. The number of H-pyrrole nitrogens is 1. The van der Waals surface area contributed by atoms with Gasteiger partial charge in [0, 0.05) is 0 Å². The van der Waals surface area contributed by atoms with E-state index in [4.69, 9.17) is 14.7 Å². The van der Waals surface area contributed by atoms with E-state index in [-0.39, 0.29) is 5.75 Å². The molecule has 3 rings (SSSR count). The first-order chi connectivity index (χ1) is 14.6. The van der Waals surface area contributed by atoms with Crippen molar-refractivity contribution in [1.29, 1.82) is 5.26 Å². The van der Waals surface area contributed by atoms with Crippen LogP contribution in [0.4, 0.5) is 0 Å². The Bertz CT molecular complexity index is 1150. The molecule has 0 atom stereocenters. The van der Waals surface area contributed by atoms with Gasteiger partial charge in [-0.2, -0.15) is 5.26 Å². The van der Waals surface area contributed by atoms with Gasteiger partial charge in [-0.1, -0.05) is 30.5 Å². The molecule has 0 amide bonds. The molecule has 0 aliphatic carbocycles. The number of carbonyl (C=O) groups excluding carboxylic acids is 1. The van der Waals surface area contributed by atoms with E-state index in [9.17, 15) is 4.79 Å². The highest BCUT2D eigenvalue weighted by Crippen LogP contribution is 2.23. The van der Waals surface area contributed by atoms with Gasteiger partial charge in [-0.25, -0.2) is 4.98 Å². The van der Waals surface area contributed by atoms with Crippen molar-refractivity contribution >= 4 is 28.8 Å². The Hall–Kier alpha value is -3.76. The summed E-state index contributed by atoms with van der Waals surface area (Å²) in [6, 6.07) is 14.1. The average Bonchev–Trinajstić information content (AvgIpc) is 3.18. The number of esters is 1. The van der Waals surface area contributed by atoms with E-state index in [1.807, 2.05) is 13.0 Å². The molecule has 6 nitrogen and oxygen atoms in total. The number of nitrogens with one attached hydrogen (secondary N) is 1. The fourth-order valence-electron chi connectivity index (χ4n) is 2.48. The molecule has 3 aromatic rings. The molecule has 150 valence electrons. The third kappa shape index (κ3) is 5.63. The fourth-order valence-corrected chi connectivity index (χ4v) is 3.13. The molecule has 0 spiro atoms. The predicted octanol–water partition coefficient (Wildman–Crippen LogP) is 5.16. The number of ether oxygens (including phenoxy) is 2. The van der Waals surface area contributed by atoms with E-state index < -0.39 is 5.97 Å². The fraction of sp³-hybridized carbons (Fsp3) is 0.0870. The second-order valence-corrected chi connectivity index (χ2v) is 6.97. The Labute approximate surface area is 178 Å². The largest absolute Gasteiger partial charge is 0.458 e. The number of hydrogen-bond donors (Lipinski definition) is 1. The maximum atomic E-state index is 12.1. The number of nitrogens with zero attached hydrogens (tertiary/aromatic N) is 2. The summed E-state index contributed by atoms with van der Waals surface area (Å²) in [6.45, 7) is 5.50. The summed E-state index contributed by atoms with van der Waals surface area (Å²) >= 11 is 1.24. The van der Waals surface area contributed by atoms with Gasteiger partial charge in [0.05, 0.1) is 28.4 Å². The van der Waals surface area contributed by atoms with Crippen molar-refractivity contribution in [1.82, 2.24) is 9.97 Å². The molecule has 1 N–H and O–H groups in total. The smallest absolute Gasteiger partial charge is 0.321 e. The lowest BCUT2D eigenvalue weighted by Gasteiger charge is -2.07. The number of allylic oxidation sites excluding steroid dienone is 4. The third-order valence-corrected chi connectivity index (χ3v) is 4.74. The molecular weight excluding hydrogens is 398 g/mol. The van der Waals surface area contributed by atoms with Crippen molar-refractivity contribution in [3.8, 4) is 17.6 Å². The van der Waals surface area contributed by atoms with Gasteiger partial charge in [-0.3, -0.25) is 4.79 Å². The average molecular weight is 417 g/mol. The van der Waals surface area contributed by atoms with Crippen molar-refractivity contribution in [3.05, 3.63) is 84.7 Å². The van der Waals surface area contributed by atoms with Crippen molar-refractivity contribution in [3.63, 3.8) is 0 Å². The number of nitriles is 1. The Morgan fingerprint density at radius 2 is 1.97 bits per heavy atom. The Morgan fingerprint density at radius 3 is 2.63 bits per heavy atom. The molecular formula is C23H19N3O3S. The molecule has 0 aliphatic heterocycles. The molecule has 0 unspecified atom stereocenters. The van der Waals surface area contributed by atoms with Crippen molar-refractivity contribution < 1.29 is 14.3 Å². The zero-order chi connectivity index (χ0) is 21.3. The minimum atomic E-state index is -0.394. The quantitative estimate of drug-likeness (QED) is 0.179. The number of fused-ring (bicyclic) bond motifs is 1. The van der Waals surface area contributed by atoms with E-state index in [2.05, 4.69) is 22.6 Å². The van der Waals surface area contributed by atoms with E-state index in [0.717, 1.165) is 11.0 Å². The number of hydrogen-bond acceptors (Lipinski definition) is 6. The molecule has 0 saturated heterocycles. The van der Waals surface area contributed by atoms with Gasteiger partial charge in [0.25, 0.3) is 0 Å². The lowest BCUT2D eigenvalue weighted by Crippen LogP contribution is -2.10. The predicted molar refractivity (Wildman–Crippen MR) is 117 cm³/mol. The van der Waals surface area contributed by atoms with Crippen molar-refractivity contribution in [2.24, 2.45) is 0 Å². The summed E-state index contributed by atoms with van der Waals surface area (Å²) in [5.41, 5.74) is 2.04. The minimum absolute atomic E-state index is 0.0955. The Balaban J connectivity index is 1.54. The highest BCUT2D eigenvalue weighted by Gasteiger charge is 2.10. The normalized spacial score (nSPS) is 11.4. The number of aromatic amines is 1. The van der Waals surface area contributed by atoms with Crippen LogP contribution in [0, 0.1) is 11.3 Å². The van der Waals surface area contributed by atoms with Crippen LogP contribution >= 0.6 is 11.8 Å². The molecule has 30 heavy (non-hydrogen) atoms.